The Morgan fingerprint density at radius 2 is 1.96 bits per heavy atom. The van der Waals surface area contributed by atoms with Crippen molar-refractivity contribution >= 4 is 22.9 Å². The van der Waals surface area contributed by atoms with Gasteiger partial charge < -0.3 is 10.1 Å². The van der Waals surface area contributed by atoms with E-state index >= 15 is 0 Å². The SMILES string of the molecule is CCOc1ccc(C(=O)NC(c2ccc(C)cc2)c2cccs2)cc1[N+](=O)[O-]. The first kappa shape index (κ1) is 19.6. The van der Waals surface area contributed by atoms with Gasteiger partial charge in [-0.05, 0) is 43.0 Å². The van der Waals surface area contributed by atoms with Crippen LogP contribution in [-0.2, 0) is 0 Å². The van der Waals surface area contributed by atoms with Crippen LogP contribution < -0.4 is 10.1 Å². The number of carbonyl (C=O) groups is 1. The molecular formula is C21H20N2O4S. The van der Waals surface area contributed by atoms with Gasteiger partial charge in [-0.15, -0.1) is 11.3 Å². The highest BCUT2D eigenvalue weighted by molar-refractivity contribution is 7.10. The van der Waals surface area contributed by atoms with E-state index in [1.165, 1.54) is 18.2 Å². The molecule has 6 nitrogen and oxygen atoms in total. The van der Waals surface area contributed by atoms with E-state index in [1.807, 2.05) is 48.7 Å². The van der Waals surface area contributed by atoms with Gasteiger partial charge in [0.15, 0.2) is 5.75 Å². The topological polar surface area (TPSA) is 81.5 Å². The molecule has 144 valence electrons. The van der Waals surface area contributed by atoms with Gasteiger partial charge in [-0.2, -0.15) is 0 Å². The highest BCUT2D eigenvalue weighted by Gasteiger charge is 2.22. The number of nitro groups is 1. The highest BCUT2D eigenvalue weighted by Crippen LogP contribution is 2.30. The van der Waals surface area contributed by atoms with Crippen molar-refractivity contribution in [2.45, 2.75) is 19.9 Å². The van der Waals surface area contributed by atoms with Crippen molar-refractivity contribution in [3.05, 3.63) is 91.7 Å². The van der Waals surface area contributed by atoms with Crippen molar-refractivity contribution in [1.82, 2.24) is 5.32 Å². The van der Waals surface area contributed by atoms with Gasteiger partial charge in [0.25, 0.3) is 5.91 Å². The molecule has 1 unspecified atom stereocenters. The summed E-state index contributed by atoms with van der Waals surface area (Å²) >= 11 is 1.54. The zero-order chi connectivity index (χ0) is 20.1. The first-order valence-corrected chi connectivity index (χ1v) is 9.69. The van der Waals surface area contributed by atoms with Crippen LogP contribution in [0.5, 0.6) is 5.75 Å². The summed E-state index contributed by atoms with van der Waals surface area (Å²) in [5.41, 5.74) is 2.06. The van der Waals surface area contributed by atoms with E-state index < -0.39 is 4.92 Å². The number of hydrogen-bond acceptors (Lipinski definition) is 5. The summed E-state index contributed by atoms with van der Waals surface area (Å²) in [5.74, 6) is -0.234. The van der Waals surface area contributed by atoms with Crippen molar-refractivity contribution in [3.63, 3.8) is 0 Å². The summed E-state index contributed by atoms with van der Waals surface area (Å²) < 4.78 is 5.28. The molecular weight excluding hydrogens is 376 g/mol. The van der Waals surface area contributed by atoms with Gasteiger partial charge in [-0.3, -0.25) is 14.9 Å². The number of benzene rings is 2. The van der Waals surface area contributed by atoms with Gasteiger partial charge in [0, 0.05) is 16.5 Å². The number of thiophene rings is 1. The van der Waals surface area contributed by atoms with Crippen LogP contribution in [0.2, 0.25) is 0 Å². The van der Waals surface area contributed by atoms with Gasteiger partial charge in [0.1, 0.15) is 0 Å². The number of hydrogen-bond donors (Lipinski definition) is 1. The molecule has 3 rings (SSSR count). The molecule has 28 heavy (non-hydrogen) atoms. The Labute approximate surface area is 166 Å². The summed E-state index contributed by atoms with van der Waals surface area (Å²) in [6.45, 7) is 4.05. The average molecular weight is 396 g/mol. The lowest BCUT2D eigenvalue weighted by molar-refractivity contribution is -0.385. The van der Waals surface area contributed by atoms with E-state index in [4.69, 9.17) is 4.74 Å². The predicted octanol–water partition coefficient (Wildman–Crippen LogP) is 4.88. The molecule has 1 amide bonds. The molecule has 1 N–H and O–H groups in total. The van der Waals surface area contributed by atoms with Crippen LogP contribution in [0.25, 0.3) is 0 Å². The maximum Gasteiger partial charge on any atom is 0.311 e. The van der Waals surface area contributed by atoms with Gasteiger partial charge in [-0.1, -0.05) is 35.9 Å². The average Bonchev–Trinajstić information content (AvgIpc) is 3.21. The monoisotopic (exact) mass is 396 g/mol. The molecule has 0 saturated carbocycles. The quantitative estimate of drug-likeness (QED) is 0.456. The van der Waals surface area contributed by atoms with Crippen LogP contribution in [0, 0.1) is 17.0 Å². The van der Waals surface area contributed by atoms with Gasteiger partial charge in [-0.25, -0.2) is 0 Å². The van der Waals surface area contributed by atoms with Crippen LogP contribution in [0.3, 0.4) is 0 Å². The second-order valence-corrected chi connectivity index (χ2v) is 7.18. The molecule has 0 aliphatic rings. The molecule has 2 aromatic carbocycles. The Morgan fingerprint density at radius 1 is 1.21 bits per heavy atom. The summed E-state index contributed by atoms with van der Waals surface area (Å²) in [5, 5.41) is 16.3. The molecule has 0 bridgehead atoms. The largest absolute Gasteiger partial charge is 0.487 e. The molecule has 0 fully saturated rings. The molecule has 0 aliphatic carbocycles. The molecule has 1 heterocycles. The third-order valence-corrected chi connectivity index (χ3v) is 5.17. The van der Waals surface area contributed by atoms with Crippen LogP contribution in [-0.4, -0.2) is 17.4 Å². The molecule has 7 heteroatoms. The van der Waals surface area contributed by atoms with E-state index in [9.17, 15) is 14.9 Å². The van der Waals surface area contributed by atoms with Gasteiger partial charge in [0.2, 0.25) is 0 Å². The second-order valence-electron chi connectivity index (χ2n) is 6.21. The van der Waals surface area contributed by atoms with Crippen LogP contribution in [0.15, 0.2) is 60.0 Å². The maximum atomic E-state index is 12.9. The van der Waals surface area contributed by atoms with Gasteiger partial charge in [0.05, 0.1) is 17.6 Å². The summed E-state index contributed by atoms with van der Waals surface area (Å²) in [4.78, 5) is 24.6. The second kappa shape index (κ2) is 8.67. The maximum absolute atomic E-state index is 12.9. The number of nitro benzene ring substituents is 1. The summed E-state index contributed by atoms with van der Waals surface area (Å²) in [7, 11) is 0. The Kier molecular flexibility index (Phi) is 6.06. The first-order valence-electron chi connectivity index (χ1n) is 8.81. The smallest absolute Gasteiger partial charge is 0.311 e. The molecule has 0 saturated heterocycles. The van der Waals surface area contributed by atoms with Crippen molar-refractivity contribution < 1.29 is 14.5 Å². The number of rotatable bonds is 7. The molecule has 0 aliphatic heterocycles. The Bertz CT molecular complexity index is 969. The predicted molar refractivity (Wildman–Crippen MR) is 109 cm³/mol. The molecule has 0 spiro atoms. The lowest BCUT2D eigenvalue weighted by Gasteiger charge is -2.18. The standard InChI is InChI=1S/C21H20N2O4S/c1-3-27-18-11-10-16(13-17(18)23(25)26)21(24)22-20(19-5-4-12-28-19)15-8-6-14(2)7-9-15/h4-13,20H,3H2,1-2H3,(H,22,24). The third kappa shape index (κ3) is 4.37. The number of carbonyl (C=O) groups excluding carboxylic acids is 1. The minimum Gasteiger partial charge on any atom is -0.487 e. The number of amides is 1. The van der Waals surface area contributed by atoms with Crippen molar-refractivity contribution in [2.75, 3.05) is 6.61 Å². The first-order chi connectivity index (χ1) is 13.5. The lowest BCUT2D eigenvalue weighted by atomic mass is 10.0. The normalized spacial score (nSPS) is 11.6. The van der Waals surface area contributed by atoms with Gasteiger partial charge >= 0.3 is 5.69 Å². The van der Waals surface area contributed by atoms with Crippen molar-refractivity contribution in [1.29, 1.82) is 0 Å². The zero-order valence-electron chi connectivity index (χ0n) is 15.5. The Hall–Kier alpha value is -3.19. The summed E-state index contributed by atoms with van der Waals surface area (Å²) in [6.07, 6.45) is 0. The fourth-order valence-corrected chi connectivity index (χ4v) is 3.63. The minimum absolute atomic E-state index is 0.150. The molecule has 1 aromatic heterocycles. The number of aryl methyl sites for hydroxylation is 1. The van der Waals surface area contributed by atoms with E-state index in [1.54, 1.807) is 18.3 Å². The van der Waals surface area contributed by atoms with Crippen LogP contribution in [0.1, 0.15) is 39.3 Å². The number of ether oxygens (including phenoxy) is 1. The summed E-state index contributed by atoms with van der Waals surface area (Å²) in [6, 6.07) is 15.7. The third-order valence-electron chi connectivity index (χ3n) is 4.23. The lowest BCUT2D eigenvalue weighted by Crippen LogP contribution is -2.28. The molecule has 3 aromatic rings. The highest BCUT2D eigenvalue weighted by atomic mass is 32.1. The fraction of sp³-hybridized carbons (Fsp3) is 0.190. The Balaban J connectivity index is 1.91. The van der Waals surface area contributed by atoms with E-state index in [-0.39, 0.29) is 28.9 Å². The molecule has 0 radical (unpaired) electrons. The fourth-order valence-electron chi connectivity index (χ4n) is 2.83. The van der Waals surface area contributed by atoms with E-state index in [0.717, 1.165) is 16.0 Å². The van der Waals surface area contributed by atoms with Crippen LogP contribution in [0.4, 0.5) is 5.69 Å². The van der Waals surface area contributed by atoms with Crippen molar-refractivity contribution in [3.8, 4) is 5.75 Å². The number of nitrogens with zero attached hydrogens (tertiary/aromatic N) is 1. The van der Waals surface area contributed by atoms with Crippen LogP contribution >= 0.6 is 11.3 Å². The number of nitrogens with one attached hydrogen (secondary N) is 1. The zero-order valence-corrected chi connectivity index (χ0v) is 16.4. The van der Waals surface area contributed by atoms with E-state index in [2.05, 4.69) is 5.32 Å². The van der Waals surface area contributed by atoms with Crippen molar-refractivity contribution in [2.24, 2.45) is 0 Å². The molecule has 1 atom stereocenters. The Morgan fingerprint density at radius 3 is 2.57 bits per heavy atom. The minimum atomic E-state index is -0.543. The van der Waals surface area contributed by atoms with E-state index in [0.29, 0.717) is 6.61 Å².